The Hall–Kier alpha value is -4.66. The van der Waals surface area contributed by atoms with Crippen LogP contribution in [0.4, 0.5) is 17.5 Å². The Morgan fingerprint density at radius 3 is 2.71 bits per heavy atom. The first-order valence-corrected chi connectivity index (χ1v) is 11.2. The van der Waals surface area contributed by atoms with Crippen LogP contribution in [-0.4, -0.2) is 35.7 Å². The molecule has 9 nitrogen and oxygen atoms in total. The van der Waals surface area contributed by atoms with E-state index in [-0.39, 0.29) is 11.7 Å². The summed E-state index contributed by atoms with van der Waals surface area (Å²) in [6, 6.07) is 12.8. The van der Waals surface area contributed by atoms with E-state index in [1.807, 2.05) is 51.4 Å². The maximum atomic E-state index is 13.1. The molecule has 1 amide bonds. The van der Waals surface area contributed by atoms with Gasteiger partial charge in [-0.3, -0.25) is 9.48 Å². The summed E-state index contributed by atoms with van der Waals surface area (Å²) < 4.78 is 1.79. The van der Waals surface area contributed by atoms with Crippen LogP contribution in [0.2, 0.25) is 0 Å². The lowest BCUT2D eigenvalue weighted by atomic mass is 10.1. The van der Waals surface area contributed by atoms with Crippen molar-refractivity contribution in [3.63, 3.8) is 0 Å². The Bertz CT molecular complexity index is 1610. The summed E-state index contributed by atoms with van der Waals surface area (Å²) in [5.74, 6) is 1.14. The van der Waals surface area contributed by atoms with Gasteiger partial charge in [0.05, 0.1) is 23.4 Å². The number of aromatic hydroxyl groups is 1. The lowest BCUT2D eigenvalue weighted by molar-refractivity contribution is 0.0997. The molecule has 0 unspecified atom stereocenters. The van der Waals surface area contributed by atoms with Gasteiger partial charge in [0.2, 0.25) is 5.95 Å². The van der Waals surface area contributed by atoms with Crippen molar-refractivity contribution in [2.24, 2.45) is 7.05 Å². The molecule has 2 aromatic carbocycles. The van der Waals surface area contributed by atoms with Crippen LogP contribution >= 0.6 is 0 Å². The van der Waals surface area contributed by atoms with Crippen LogP contribution < -0.4 is 10.2 Å². The predicted molar refractivity (Wildman–Crippen MR) is 134 cm³/mol. The van der Waals surface area contributed by atoms with Gasteiger partial charge in [0.1, 0.15) is 5.75 Å². The maximum absolute atomic E-state index is 13.1. The molecule has 0 bridgehead atoms. The van der Waals surface area contributed by atoms with E-state index in [0.717, 1.165) is 39.1 Å². The fraction of sp³-hybridized carbons (Fsp3) is 0.154. The quantitative estimate of drug-likeness (QED) is 0.358. The molecule has 4 heterocycles. The Balaban J connectivity index is 1.40. The van der Waals surface area contributed by atoms with Crippen molar-refractivity contribution >= 4 is 34.3 Å². The second kappa shape index (κ2) is 7.69. The second-order valence-corrected chi connectivity index (χ2v) is 8.74. The summed E-state index contributed by atoms with van der Waals surface area (Å²) in [5, 5.41) is 18.8. The molecule has 0 spiro atoms. The SMILES string of the molecule is Cc1cnc(Nc2cc(C)n(C)n2)nc1-c1c[nH]c2c(N3Cc4c(O)cccc4C3=O)cccc12. The number of hydrogen-bond acceptors (Lipinski definition) is 6. The number of amides is 1. The monoisotopic (exact) mass is 465 g/mol. The largest absolute Gasteiger partial charge is 0.508 e. The van der Waals surface area contributed by atoms with Gasteiger partial charge in [-0.25, -0.2) is 9.97 Å². The molecule has 0 radical (unpaired) electrons. The number of phenols is 1. The standard InChI is InChI=1S/C26H23N7O2/c1-14-11-28-26(29-22-10-15(2)32(3)31-22)30-23(14)18-12-27-24-16(18)6-4-8-20(24)33-13-19-17(25(33)35)7-5-9-21(19)34/h4-12,27,34H,13H2,1-3H3,(H,28,29,30,31). The van der Waals surface area contributed by atoms with E-state index in [1.165, 1.54) is 0 Å². The number of para-hydroxylation sites is 1. The molecular weight excluding hydrogens is 442 g/mol. The van der Waals surface area contributed by atoms with Crippen molar-refractivity contribution in [2.75, 3.05) is 10.2 Å². The van der Waals surface area contributed by atoms with E-state index in [9.17, 15) is 9.90 Å². The van der Waals surface area contributed by atoms with Crippen molar-refractivity contribution in [1.29, 1.82) is 0 Å². The number of carbonyl (C=O) groups excluding carboxylic acids is 1. The Labute approximate surface area is 201 Å². The third-order valence-electron chi connectivity index (χ3n) is 6.51. The van der Waals surface area contributed by atoms with Crippen LogP contribution in [0.5, 0.6) is 5.75 Å². The van der Waals surface area contributed by atoms with Crippen LogP contribution in [0.3, 0.4) is 0 Å². The van der Waals surface area contributed by atoms with Crippen LogP contribution in [0.15, 0.2) is 54.9 Å². The van der Waals surface area contributed by atoms with Crippen molar-refractivity contribution in [2.45, 2.75) is 20.4 Å². The van der Waals surface area contributed by atoms with Crippen molar-refractivity contribution in [1.82, 2.24) is 24.7 Å². The lowest BCUT2D eigenvalue weighted by Crippen LogP contribution is -2.23. The van der Waals surface area contributed by atoms with Gasteiger partial charge in [0, 0.05) is 53.3 Å². The minimum atomic E-state index is -0.130. The van der Waals surface area contributed by atoms with Gasteiger partial charge in [-0.05, 0) is 37.6 Å². The number of aromatic nitrogens is 5. The number of nitrogens with zero attached hydrogens (tertiary/aromatic N) is 5. The topological polar surface area (TPSA) is 112 Å². The van der Waals surface area contributed by atoms with Crippen molar-refractivity contribution in [3.8, 4) is 17.0 Å². The van der Waals surface area contributed by atoms with E-state index in [2.05, 4.69) is 20.4 Å². The van der Waals surface area contributed by atoms with Gasteiger partial charge >= 0.3 is 0 Å². The molecule has 174 valence electrons. The Morgan fingerprint density at radius 2 is 1.94 bits per heavy atom. The summed E-state index contributed by atoms with van der Waals surface area (Å²) in [4.78, 5) is 27.4. The number of H-pyrrole nitrogens is 1. The van der Waals surface area contributed by atoms with Crippen LogP contribution in [0.25, 0.3) is 22.2 Å². The summed E-state index contributed by atoms with van der Waals surface area (Å²) in [5.41, 5.74) is 6.40. The summed E-state index contributed by atoms with van der Waals surface area (Å²) in [6.45, 7) is 4.27. The number of aryl methyl sites for hydroxylation is 3. The van der Waals surface area contributed by atoms with Crippen LogP contribution in [0, 0.1) is 13.8 Å². The lowest BCUT2D eigenvalue weighted by Gasteiger charge is -2.17. The minimum absolute atomic E-state index is 0.130. The molecule has 9 heteroatoms. The van der Waals surface area contributed by atoms with E-state index in [0.29, 0.717) is 29.4 Å². The Kier molecular flexibility index (Phi) is 4.60. The highest BCUT2D eigenvalue weighted by molar-refractivity contribution is 6.14. The molecule has 5 aromatic rings. The van der Waals surface area contributed by atoms with E-state index < -0.39 is 0 Å². The molecule has 0 fully saturated rings. The van der Waals surface area contributed by atoms with E-state index in [1.54, 1.807) is 34.0 Å². The first kappa shape index (κ1) is 20.9. The number of benzene rings is 2. The molecule has 6 rings (SSSR count). The number of nitrogens with one attached hydrogen (secondary N) is 2. The maximum Gasteiger partial charge on any atom is 0.259 e. The van der Waals surface area contributed by atoms with Gasteiger partial charge in [-0.15, -0.1) is 0 Å². The molecule has 3 aromatic heterocycles. The average molecular weight is 466 g/mol. The molecule has 35 heavy (non-hydrogen) atoms. The normalized spacial score (nSPS) is 13.0. The zero-order valence-electron chi connectivity index (χ0n) is 19.5. The number of aromatic amines is 1. The molecular formula is C26H23N7O2. The minimum Gasteiger partial charge on any atom is -0.508 e. The van der Waals surface area contributed by atoms with E-state index >= 15 is 0 Å². The number of rotatable bonds is 4. The molecule has 1 aliphatic heterocycles. The molecule has 3 N–H and O–H groups in total. The first-order chi connectivity index (χ1) is 16.9. The second-order valence-electron chi connectivity index (χ2n) is 8.74. The summed E-state index contributed by atoms with van der Waals surface area (Å²) in [6.07, 6.45) is 3.69. The van der Waals surface area contributed by atoms with E-state index in [4.69, 9.17) is 4.98 Å². The third kappa shape index (κ3) is 3.31. The highest BCUT2D eigenvalue weighted by atomic mass is 16.3. The highest BCUT2D eigenvalue weighted by Crippen LogP contribution is 2.39. The molecule has 0 aliphatic carbocycles. The zero-order chi connectivity index (χ0) is 24.3. The van der Waals surface area contributed by atoms with Crippen LogP contribution in [0.1, 0.15) is 27.2 Å². The number of carbonyl (C=O) groups is 1. The fourth-order valence-corrected chi connectivity index (χ4v) is 4.58. The van der Waals surface area contributed by atoms with Crippen LogP contribution in [-0.2, 0) is 13.6 Å². The molecule has 0 saturated heterocycles. The first-order valence-electron chi connectivity index (χ1n) is 11.2. The summed E-state index contributed by atoms with van der Waals surface area (Å²) >= 11 is 0. The number of phenolic OH excluding ortho intramolecular Hbond substituents is 1. The van der Waals surface area contributed by atoms with Gasteiger partial charge in [0.25, 0.3) is 5.91 Å². The fourth-order valence-electron chi connectivity index (χ4n) is 4.58. The van der Waals surface area contributed by atoms with Crippen molar-refractivity contribution in [3.05, 3.63) is 77.2 Å². The van der Waals surface area contributed by atoms with Gasteiger partial charge in [-0.2, -0.15) is 5.10 Å². The third-order valence-corrected chi connectivity index (χ3v) is 6.51. The zero-order valence-corrected chi connectivity index (χ0v) is 19.5. The van der Waals surface area contributed by atoms with Gasteiger partial charge in [0.15, 0.2) is 5.82 Å². The molecule has 0 atom stereocenters. The number of anilines is 3. The predicted octanol–water partition coefficient (Wildman–Crippen LogP) is 4.58. The van der Waals surface area contributed by atoms with Crippen molar-refractivity contribution < 1.29 is 9.90 Å². The van der Waals surface area contributed by atoms with Gasteiger partial charge in [-0.1, -0.05) is 18.2 Å². The smallest absolute Gasteiger partial charge is 0.259 e. The molecule has 1 aliphatic rings. The Morgan fingerprint density at radius 1 is 1.11 bits per heavy atom. The highest BCUT2D eigenvalue weighted by Gasteiger charge is 2.32. The number of fused-ring (bicyclic) bond motifs is 2. The summed E-state index contributed by atoms with van der Waals surface area (Å²) in [7, 11) is 1.89. The average Bonchev–Trinajstić information content (AvgIpc) is 3.51. The molecule has 0 saturated carbocycles. The number of hydrogen-bond donors (Lipinski definition) is 3. The van der Waals surface area contributed by atoms with Gasteiger partial charge < -0.3 is 20.3 Å².